The number of nitrogens with zero attached hydrogens (tertiary/aromatic N) is 10. The zero-order valence-electron chi connectivity index (χ0n) is 40.1. The first-order valence-electron chi connectivity index (χ1n) is 23.5. The van der Waals surface area contributed by atoms with E-state index in [1.54, 1.807) is 29.3 Å². The van der Waals surface area contributed by atoms with Gasteiger partial charge in [0.25, 0.3) is 11.8 Å². The lowest BCUT2D eigenvalue weighted by Crippen LogP contribution is -2.24. The van der Waals surface area contributed by atoms with Crippen molar-refractivity contribution in [1.29, 1.82) is 0 Å². The summed E-state index contributed by atoms with van der Waals surface area (Å²) in [6.45, 7) is 3.94. The molecule has 21 heteroatoms. The first-order chi connectivity index (χ1) is 35.8. The Morgan fingerprint density at radius 3 is 1.62 bits per heavy atom. The van der Waals surface area contributed by atoms with Gasteiger partial charge < -0.3 is 38.2 Å². The number of alkyl halides is 3. The predicted octanol–water partition coefficient (Wildman–Crippen LogP) is 9.02. The number of anilines is 2. The number of carboxylic acid groups (broad SMARTS) is 1. The van der Waals surface area contributed by atoms with Crippen molar-refractivity contribution < 1.29 is 51.1 Å². The molecule has 4 atom stereocenters. The van der Waals surface area contributed by atoms with Crippen molar-refractivity contribution in [3.05, 3.63) is 168 Å². The van der Waals surface area contributed by atoms with E-state index in [9.17, 15) is 27.9 Å². The third-order valence-electron chi connectivity index (χ3n) is 12.6. The Bertz CT molecular complexity index is 3160. The van der Waals surface area contributed by atoms with Crippen LogP contribution in [0.3, 0.4) is 0 Å². The summed E-state index contributed by atoms with van der Waals surface area (Å²) in [4.78, 5) is 52.9. The second-order valence-corrected chi connectivity index (χ2v) is 17.6. The minimum absolute atomic E-state index is 0.0245. The van der Waals surface area contributed by atoms with Crippen LogP contribution in [0, 0.1) is 18.8 Å². The van der Waals surface area contributed by atoms with Crippen molar-refractivity contribution in [1.82, 2.24) is 40.2 Å². The number of methoxy groups -OCH3 is 1. The first-order valence-corrected chi connectivity index (χ1v) is 23.5. The molecule has 4 aromatic carbocycles. The van der Waals surface area contributed by atoms with Crippen LogP contribution in [-0.2, 0) is 33.7 Å². The molecule has 1 N–H and O–H groups in total. The molecule has 0 saturated carbocycles. The number of ether oxygens (including phenoxy) is 3. The van der Waals surface area contributed by atoms with Crippen LogP contribution in [0.4, 0.5) is 25.1 Å². The van der Waals surface area contributed by atoms with Crippen molar-refractivity contribution in [2.75, 3.05) is 43.1 Å². The summed E-state index contributed by atoms with van der Waals surface area (Å²) in [6.07, 6.45) is -1.63. The summed E-state index contributed by atoms with van der Waals surface area (Å²) in [6, 6.07) is 36.7. The van der Waals surface area contributed by atoms with Crippen molar-refractivity contribution >= 4 is 23.8 Å². The first kappa shape index (κ1) is 50.2. The van der Waals surface area contributed by atoms with E-state index in [1.165, 1.54) is 7.11 Å². The molecule has 10 rings (SSSR count). The number of halogens is 3. The Balaban J connectivity index is 0.000000182. The number of carboxylic acids is 1. The van der Waals surface area contributed by atoms with Gasteiger partial charge in [-0.3, -0.25) is 9.59 Å². The molecule has 2 aliphatic heterocycles. The standard InChI is InChI=1S/C27H27N5O4.C26H22F3N5O4/c1-18-11-12-28-27(29-18)32-15-21(14-25(33)34-2)23(16-32)20-9-6-10-22(13-20)35-17-24-30-26(31-36-24)19-7-4-3-5-8-19;27-26(28,29)21-9-10-30-25(31-21)34-13-18(12-23(35)36)20(14-34)17-7-4-8-19(11-17)37-15-22-32-24(33-38-22)16-5-2-1-3-6-16/h3-13,21,23H,14-17H2,1-2H3;1-11,18,20H,12-15H2,(H,35,36)/t21-,23-;18-,20-/m00/s1. The lowest BCUT2D eigenvalue weighted by Gasteiger charge is -2.18. The Morgan fingerprint density at radius 1 is 0.635 bits per heavy atom. The number of aliphatic carboxylic acids is 1. The second-order valence-electron chi connectivity index (χ2n) is 17.6. The second kappa shape index (κ2) is 22.8. The van der Waals surface area contributed by atoms with E-state index < -0.39 is 17.8 Å². The number of aromatic nitrogens is 8. The van der Waals surface area contributed by atoms with Gasteiger partial charge in [-0.15, -0.1) is 0 Å². The number of carbonyl (C=O) groups excluding carboxylic acids is 1. The molecule has 0 spiro atoms. The SMILES string of the molecule is COC(=O)C[C@H]1CN(c2nccc(C)n2)C[C@H]1c1cccc(OCc2nc(-c3ccccc3)no2)c1.O=C(O)C[C@H]1CN(c2nccc(C(F)(F)F)n2)C[C@H]1c1cccc(OCc2nc(-c3ccccc3)no2)c1. The molecule has 6 heterocycles. The number of aryl methyl sites for hydroxylation is 1. The van der Waals surface area contributed by atoms with Gasteiger partial charge in [-0.05, 0) is 66.3 Å². The molecule has 2 fully saturated rings. The maximum absolute atomic E-state index is 13.2. The van der Waals surface area contributed by atoms with Gasteiger partial charge in [0.2, 0.25) is 23.5 Å². The summed E-state index contributed by atoms with van der Waals surface area (Å²) in [5.74, 6) is 1.69. The number of carbonyl (C=O) groups is 2. The summed E-state index contributed by atoms with van der Waals surface area (Å²) < 4.78 is 66.9. The summed E-state index contributed by atoms with van der Waals surface area (Å²) in [7, 11) is 1.42. The van der Waals surface area contributed by atoms with Gasteiger partial charge in [0.05, 0.1) is 20.0 Å². The molecule has 2 saturated heterocycles. The quantitative estimate of drug-likeness (QED) is 0.0893. The lowest BCUT2D eigenvalue weighted by atomic mass is 9.87. The smallest absolute Gasteiger partial charge is 0.433 e. The summed E-state index contributed by atoms with van der Waals surface area (Å²) >= 11 is 0. The maximum Gasteiger partial charge on any atom is 0.433 e. The summed E-state index contributed by atoms with van der Waals surface area (Å²) in [5.41, 5.74) is 3.41. The van der Waals surface area contributed by atoms with Gasteiger partial charge in [-0.1, -0.05) is 95.2 Å². The molecule has 74 heavy (non-hydrogen) atoms. The van der Waals surface area contributed by atoms with Crippen LogP contribution in [0.25, 0.3) is 22.8 Å². The molecule has 0 aliphatic carbocycles. The van der Waals surface area contributed by atoms with Crippen LogP contribution < -0.4 is 19.3 Å². The van der Waals surface area contributed by atoms with Gasteiger partial charge in [0.15, 0.2) is 13.2 Å². The van der Waals surface area contributed by atoms with Gasteiger partial charge in [-0.25, -0.2) is 19.9 Å². The topological polar surface area (TPSA) is 218 Å². The van der Waals surface area contributed by atoms with Gasteiger partial charge in [0.1, 0.15) is 17.2 Å². The van der Waals surface area contributed by atoms with Crippen LogP contribution in [0.15, 0.2) is 143 Å². The molecular weight excluding hydrogens is 962 g/mol. The van der Waals surface area contributed by atoms with Crippen LogP contribution in [0.2, 0.25) is 0 Å². The average molecular weight is 1010 g/mol. The van der Waals surface area contributed by atoms with Crippen molar-refractivity contribution in [3.8, 4) is 34.3 Å². The van der Waals surface area contributed by atoms with Crippen molar-refractivity contribution in [3.63, 3.8) is 0 Å². The molecule has 380 valence electrons. The highest BCUT2D eigenvalue weighted by Gasteiger charge is 2.39. The van der Waals surface area contributed by atoms with E-state index in [0.717, 1.165) is 40.2 Å². The van der Waals surface area contributed by atoms with Gasteiger partial charge >= 0.3 is 18.1 Å². The van der Waals surface area contributed by atoms with E-state index >= 15 is 0 Å². The molecule has 4 aromatic heterocycles. The molecule has 2 aliphatic rings. The largest absolute Gasteiger partial charge is 0.484 e. The van der Waals surface area contributed by atoms with Gasteiger partial charge in [-0.2, -0.15) is 23.1 Å². The number of rotatable bonds is 16. The third-order valence-corrected chi connectivity index (χ3v) is 12.6. The minimum Gasteiger partial charge on any atom is -0.484 e. The fraction of sp³-hybridized carbons (Fsp3) is 0.283. The number of esters is 1. The maximum atomic E-state index is 13.2. The lowest BCUT2D eigenvalue weighted by molar-refractivity contribution is -0.142. The number of hydrogen-bond acceptors (Lipinski definition) is 17. The molecule has 0 unspecified atom stereocenters. The highest BCUT2D eigenvalue weighted by molar-refractivity contribution is 5.70. The highest BCUT2D eigenvalue weighted by Crippen LogP contribution is 2.40. The molecular formula is C53H49F3N10O8. The zero-order valence-corrected chi connectivity index (χ0v) is 40.1. The summed E-state index contributed by atoms with van der Waals surface area (Å²) in [5, 5.41) is 17.5. The zero-order chi connectivity index (χ0) is 51.6. The molecule has 18 nitrogen and oxygen atoms in total. The Labute approximate surface area is 422 Å². The van der Waals surface area contributed by atoms with Gasteiger partial charge in [0, 0.05) is 67.2 Å². The highest BCUT2D eigenvalue weighted by atomic mass is 19.4. The number of hydrogen-bond donors (Lipinski definition) is 1. The number of benzene rings is 4. The van der Waals surface area contributed by atoms with Crippen LogP contribution in [0.5, 0.6) is 11.5 Å². The van der Waals surface area contributed by atoms with E-state index in [2.05, 4.69) is 51.2 Å². The Morgan fingerprint density at radius 2 is 1.14 bits per heavy atom. The van der Waals surface area contributed by atoms with Crippen molar-refractivity contribution in [2.24, 2.45) is 11.8 Å². The molecule has 8 aromatic rings. The van der Waals surface area contributed by atoms with Crippen LogP contribution in [0.1, 0.15) is 59.0 Å². The van der Waals surface area contributed by atoms with E-state index in [0.29, 0.717) is 54.5 Å². The van der Waals surface area contributed by atoms with Crippen LogP contribution >= 0.6 is 0 Å². The normalized spacial score (nSPS) is 17.4. The molecule has 0 amide bonds. The van der Waals surface area contributed by atoms with Crippen molar-refractivity contribution in [2.45, 2.75) is 51.0 Å². The van der Waals surface area contributed by atoms with E-state index in [4.69, 9.17) is 23.3 Å². The van der Waals surface area contributed by atoms with Crippen LogP contribution in [-0.4, -0.2) is 90.6 Å². The Hall–Kier alpha value is -8.75. The third kappa shape index (κ3) is 12.6. The fourth-order valence-electron chi connectivity index (χ4n) is 9.00. The monoisotopic (exact) mass is 1010 g/mol. The molecule has 0 radical (unpaired) electrons. The molecule has 0 bridgehead atoms. The Kier molecular flexibility index (Phi) is 15.4. The minimum atomic E-state index is -4.61. The fourth-order valence-corrected chi connectivity index (χ4v) is 9.00. The average Bonchev–Trinajstić information content (AvgIpc) is 4.26. The predicted molar refractivity (Wildman–Crippen MR) is 261 cm³/mol. The van der Waals surface area contributed by atoms with E-state index in [-0.39, 0.29) is 74.2 Å². The van der Waals surface area contributed by atoms with E-state index in [1.807, 2.05) is 97.9 Å².